The summed E-state index contributed by atoms with van der Waals surface area (Å²) in [7, 11) is 2.09. The molecule has 1 heterocycles. The molecule has 1 aromatic heterocycles. The van der Waals surface area contributed by atoms with Crippen LogP contribution in [0.2, 0.25) is 0 Å². The third kappa shape index (κ3) is 5.44. The molecule has 0 aliphatic rings. The zero-order chi connectivity index (χ0) is 15.1. The van der Waals surface area contributed by atoms with Gasteiger partial charge in [0.1, 0.15) is 5.82 Å². The molecule has 1 N–H and O–H groups in total. The van der Waals surface area contributed by atoms with E-state index >= 15 is 0 Å². The molecular formula is C16H21BrN4. The minimum Gasteiger partial charge on any atom is -0.369 e. The Morgan fingerprint density at radius 2 is 2.05 bits per heavy atom. The Kier molecular flexibility index (Phi) is 6.14. The molecule has 0 saturated heterocycles. The van der Waals surface area contributed by atoms with E-state index in [0.29, 0.717) is 0 Å². The van der Waals surface area contributed by atoms with E-state index in [2.05, 4.69) is 68.3 Å². The van der Waals surface area contributed by atoms with E-state index in [1.54, 1.807) is 6.20 Å². The second-order valence-electron chi connectivity index (χ2n) is 5.12. The fourth-order valence-corrected chi connectivity index (χ4v) is 2.51. The van der Waals surface area contributed by atoms with Crippen molar-refractivity contribution in [1.29, 1.82) is 0 Å². The van der Waals surface area contributed by atoms with Gasteiger partial charge < -0.3 is 5.32 Å². The summed E-state index contributed by atoms with van der Waals surface area (Å²) < 4.78 is 1.11. The lowest BCUT2D eigenvalue weighted by Crippen LogP contribution is -2.18. The van der Waals surface area contributed by atoms with E-state index in [4.69, 9.17) is 0 Å². The van der Waals surface area contributed by atoms with Gasteiger partial charge in [0.05, 0.1) is 18.1 Å². The van der Waals surface area contributed by atoms with Gasteiger partial charge in [-0.1, -0.05) is 35.0 Å². The highest BCUT2D eigenvalue weighted by Crippen LogP contribution is 2.13. The Morgan fingerprint density at radius 1 is 1.19 bits per heavy atom. The summed E-state index contributed by atoms with van der Waals surface area (Å²) in [4.78, 5) is 11.1. The van der Waals surface area contributed by atoms with Gasteiger partial charge >= 0.3 is 0 Å². The minimum absolute atomic E-state index is 0.785. The highest BCUT2D eigenvalue weighted by Gasteiger charge is 2.04. The first kappa shape index (κ1) is 15.9. The van der Waals surface area contributed by atoms with Gasteiger partial charge in [-0.15, -0.1) is 0 Å². The summed E-state index contributed by atoms with van der Waals surface area (Å²) in [6.07, 6.45) is 4.73. The van der Waals surface area contributed by atoms with Crippen molar-refractivity contribution in [2.75, 3.05) is 18.9 Å². The van der Waals surface area contributed by atoms with Crippen molar-refractivity contribution in [3.8, 4) is 0 Å². The molecular weight excluding hydrogens is 328 g/mol. The molecule has 4 nitrogen and oxygen atoms in total. The van der Waals surface area contributed by atoms with Gasteiger partial charge in [0.25, 0.3) is 0 Å². The molecule has 0 atom stereocenters. The molecule has 21 heavy (non-hydrogen) atoms. The monoisotopic (exact) mass is 348 g/mol. The lowest BCUT2D eigenvalue weighted by atomic mass is 10.2. The molecule has 1 aromatic carbocycles. The van der Waals surface area contributed by atoms with E-state index in [-0.39, 0.29) is 0 Å². The maximum absolute atomic E-state index is 4.45. The van der Waals surface area contributed by atoms with Gasteiger partial charge in [-0.2, -0.15) is 0 Å². The average molecular weight is 349 g/mol. The number of benzene rings is 1. The van der Waals surface area contributed by atoms with Crippen molar-refractivity contribution in [3.05, 3.63) is 52.4 Å². The first-order valence-electron chi connectivity index (χ1n) is 7.15. The van der Waals surface area contributed by atoms with E-state index in [9.17, 15) is 0 Å². The van der Waals surface area contributed by atoms with Crippen molar-refractivity contribution in [2.45, 2.75) is 26.4 Å². The Hall–Kier alpha value is -1.46. The molecule has 0 radical (unpaired) electrons. The van der Waals surface area contributed by atoms with Crippen LogP contribution >= 0.6 is 15.9 Å². The zero-order valence-corrected chi connectivity index (χ0v) is 14.1. The molecule has 0 amide bonds. The number of hydrogen-bond donors (Lipinski definition) is 1. The quantitative estimate of drug-likeness (QED) is 0.828. The van der Waals surface area contributed by atoms with Gasteiger partial charge in [-0.05, 0) is 31.2 Å². The fourth-order valence-electron chi connectivity index (χ4n) is 2.06. The van der Waals surface area contributed by atoms with Crippen LogP contribution in [0, 0.1) is 0 Å². The Labute approximate surface area is 134 Å². The number of nitrogens with one attached hydrogen (secondary N) is 1. The molecule has 2 aromatic rings. The van der Waals surface area contributed by atoms with Gasteiger partial charge in [0, 0.05) is 24.1 Å². The third-order valence-electron chi connectivity index (χ3n) is 3.03. The Bertz CT molecular complexity index is 556. The molecule has 0 saturated carbocycles. The molecule has 112 valence electrons. The molecule has 0 aliphatic carbocycles. The van der Waals surface area contributed by atoms with Gasteiger partial charge in [-0.3, -0.25) is 9.88 Å². The van der Waals surface area contributed by atoms with E-state index < -0.39 is 0 Å². The first-order chi connectivity index (χ1) is 10.2. The second kappa shape index (κ2) is 8.10. The van der Waals surface area contributed by atoms with Crippen molar-refractivity contribution in [1.82, 2.24) is 14.9 Å². The van der Waals surface area contributed by atoms with E-state index in [1.807, 2.05) is 12.3 Å². The summed E-state index contributed by atoms with van der Waals surface area (Å²) in [5.74, 6) is 0.843. The minimum atomic E-state index is 0.785. The van der Waals surface area contributed by atoms with Crippen LogP contribution in [0.3, 0.4) is 0 Å². The molecule has 0 aliphatic heterocycles. The normalized spacial score (nSPS) is 10.9. The number of anilines is 1. The fraction of sp³-hybridized carbons (Fsp3) is 0.375. The number of aromatic nitrogens is 2. The smallest absolute Gasteiger partial charge is 0.144 e. The highest BCUT2D eigenvalue weighted by molar-refractivity contribution is 9.10. The number of hydrogen-bond acceptors (Lipinski definition) is 4. The predicted molar refractivity (Wildman–Crippen MR) is 90.1 cm³/mol. The topological polar surface area (TPSA) is 41.1 Å². The van der Waals surface area contributed by atoms with E-state index in [0.717, 1.165) is 42.0 Å². The van der Waals surface area contributed by atoms with Crippen LogP contribution in [0.15, 0.2) is 41.1 Å². The van der Waals surface area contributed by atoms with Crippen molar-refractivity contribution < 1.29 is 0 Å². The van der Waals surface area contributed by atoms with Crippen molar-refractivity contribution >= 4 is 21.7 Å². The first-order valence-corrected chi connectivity index (χ1v) is 7.94. The third-order valence-corrected chi connectivity index (χ3v) is 3.53. The predicted octanol–water partition coefficient (Wildman–Crippen LogP) is 3.69. The van der Waals surface area contributed by atoms with Crippen LogP contribution < -0.4 is 5.32 Å². The molecule has 5 heteroatoms. The lowest BCUT2D eigenvalue weighted by molar-refractivity contribution is 0.314. The average Bonchev–Trinajstić information content (AvgIpc) is 2.46. The van der Waals surface area contributed by atoms with Crippen LogP contribution in [0.25, 0.3) is 0 Å². The largest absolute Gasteiger partial charge is 0.369 e. The van der Waals surface area contributed by atoms with E-state index in [1.165, 1.54) is 5.56 Å². The van der Waals surface area contributed by atoms with Crippen LogP contribution in [-0.2, 0) is 13.1 Å². The Balaban J connectivity index is 1.88. The van der Waals surface area contributed by atoms with Crippen molar-refractivity contribution in [3.63, 3.8) is 0 Å². The molecule has 0 bridgehead atoms. The molecule has 2 rings (SSSR count). The Morgan fingerprint density at radius 3 is 2.71 bits per heavy atom. The number of rotatable bonds is 7. The second-order valence-corrected chi connectivity index (χ2v) is 6.04. The zero-order valence-electron chi connectivity index (χ0n) is 12.5. The van der Waals surface area contributed by atoms with Crippen molar-refractivity contribution in [2.24, 2.45) is 0 Å². The van der Waals surface area contributed by atoms with Crippen LogP contribution in [-0.4, -0.2) is 28.5 Å². The van der Waals surface area contributed by atoms with Gasteiger partial charge in [0.15, 0.2) is 0 Å². The summed E-state index contributed by atoms with van der Waals surface area (Å²) in [5, 5.41) is 3.23. The van der Waals surface area contributed by atoms with Gasteiger partial charge in [0.2, 0.25) is 0 Å². The lowest BCUT2D eigenvalue weighted by Gasteiger charge is -2.16. The summed E-state index contributed by atoms with van der Waals surface area (Å²) >= 11 is 3.50. The number of nitrogens with zero attached hydrogens (tertiary/aromatic N) is 3. The van der Waals surface area contributed by atoms with Crippen LogP contribution in [0.4, 0.5) is 5.82 Å². The molecule has 0 unspecified atom stereocenters. The standard InChI is InChI=1S/C16H21BrN4/c1-3-7-18-16-10-19-15(9-20-16)12-21(2)11-13-5-4-6-14(17)8-13/h4-6,8-10H,3,7,11-12H2,1-2H3,(H,18,20). The maximum atomic E-state index is 4.45. The van der Waals surface area contributed by atoms with Crippen LogP contribution in [0.5, 0.6) is 0 Å². The molecule has 0 spiro atoms. The summed E-state index contributed by atoms with van der Waals surface area (Å²) in [6.45, 7) is 4.73. The number of halogens is 1. The summed E-state index contributed by atoms with van der Waals surface area (Å²) in [5.41, 5.74) is 2.26. The maximum Gasteiger partial charge on any atom is 0.144 e. The molecule has 0 fully saturated rings. The highest BCUT2D eigenvalue weighted by atomic mass is 79.9. The van der Waals surface area contributed by atoms with Gasteiger partial charge in [-0.25, -0.2) is 4.98 Å². The SMILES string of the molecule is CCCNc1cnc(CN(C)Cc2cccc(Br)c2)cn1. The summed E-state index contributed by atoms with van der Waals surface area (Å²) in [6, 6.07) is 8.36. The van der Waals surface area contributed by atoms with Crippen LogP contribution in [0.1, 0.15) is 24.6 Å².